The lowest BCUT2D eigenvalue weighted by Crippen LogP contribution is -2.41. The molecule has 2 aromatic rings. The van der Waals surface area contributed by atoms with Crippen molar-refractivity contribution in [2.45, 2.75) is 129 Å². The van der Waals surface area contributed by atoms with Gasteiger partial charge in [0, 0.05) is 11.1 Å². The zero-order valence-corrected chi connectivity index (χ0v) is 29.0. The van der Waals surface area contributed by atoms with Crippen LogP contribution in [-0.4, -0.2) is 54.6 Å². The van der Waals surface area contributed by atoms with E-state index in [1.54, 1.807) is 6.92 Å². The van der Waals surface area contributed by atoms with Crippen molar-refractivity contribution in [3.63, 3.8) is 0 Å². The van der Waals surface area contributed by atoms with E-state index in [-0.39, 0.29) is 29.8 Å². The summed E-state index contributed by atoms with van der Waals surface area (Å²) in [7, 11) is 0. The minimum Gasteiger partial charge on any atom is -0.507 e. The number of phenolic OH excluding ortho intramolecular Hbond substituents is 2. The molecule has 2 aliphatic heterocycles. The van der Waals surface area contributed by atoms with Crippen LogP contribution in [0.4, 0.5) is 0 Å². The van der Waals surface area contributed by atoms with E-state index in [1.807, 2.05) is 55.4 Å². The van der Waals surface area contributed by atoms with Crippen molar-refractivity contribution in [1.82, 2.24) is 0 Å². The number of fused-ring (bicyclic) bond motifs is 2. The number of phenols is 2. The Hall–Kier alpha value is -3.07. The molecular weight excluding hydrogens is 592 g/mol. The molecule has 0 fully saturated rings. The molecule has 2 aliphatic rings. The van der Waals surface area contributed by atoms with Gasteiger partial charge in [0.1, 0.15) is 33.0 Å². The van der Waals surface area contributed by atoms with Gasteiger partial charge in [-0.05, 0) is 146 Å². The molecule has 6 unspecified atom stereocenters. The van der Waals surface area contributed by atoms with Gasteiger partial charge in [-0.3, -0.25) is 9.59 Å². The molecule has 0 saturated heterocycles. The highest BCUT2D eigenvalue weighted by molar-refractivity contribution is 8.02. The van der Waals surface area contributed by atoms with Crippen LogP contribution in [-0.2, 0) is 22.4 Å². The van der Waals surface area contributed by atoms with Crippen LogP contribution in [0.3, 0.4) is 0 Å². The molecule has 6 atom stereocenters. The van der Waals surface area contributed by atoms with Gasteiger partial charge >= 0.3 is 11.9 Å². The van der Waals surface area contributed by atoms with Crippen molar-refractivity contribution in [2.24, 2.45) is 11.8 Å². The molecule has 8 nitrogen and oxygen atoms in total. The van der Waals surface area contributed by atoms with Gasteiger partial charge in [0.05, 0.1) is 12.2 Å². The molecule has 0 saturated carbocycles. The summed E-state index contributed by atoms with van der Waals surface area (Å²) in [5.41, 5.74) is 7.09. The van der Waals surface area contributed by atoms with E-state index < -0.39 is 21.9 Å². The standard InChI is InChI=1S/C36H50O8S/c1-17-19(3)32-28(21(5)30(17)37)15-26(23(7)43-32)11-10-13-36(35(41)42,45-25(9)34(39)40)14-12-27-16-29-22(6)31(38)18(2)20(4)33(29)44-24(27)8/h23-27,37-38H,10-16H2,1-9H3,(H,39,40)(H,41,42). The third-order valence-corrected chi connectivity index (χ3v) is 12.4. The van der Waals surface area contributed by atoms with Gasteiger partial charge < -0.3 is 29.9 Å². The summed E-state index contributed by atoms with van der Waals surface area (Å²) in [4.78, 5) is 25.0. The van der Waals surface area contributed by atoms with Crippen molar-refractivity contribution in [1.29, 1.82) is 0 Å². The number of ether oxygens (including phenoxy) is 2. The third kappa shape index (κ3) is 6.60. The molecule has 0 aliphatic carbocycles. The van der Waals surface area contributed by atoms with E-state index in [2.05, 4.69) is 0 Å². The SMILES string of the molecule is Cc1c(C)c2c(c(C)c1O)CC(CCCC(CCC1Cc3c(C)c(O)c(C)c(C)c3OC1C)(SC(C)C(=O)O)C(=O)O)C(C)O2. The first-order chi connectivity index (χ1) is 21.0. The largest absolute Gasteiger partial charge is 0.507 e. The lowest BCUT2D eigenvalue weighted by molar-refractivity contribution is -0.140. The average Bonchev–Trinajstić information content (AvgIpc) is 2.99. The van der Waals surface area contributed by atoms with E-state index in [1.165, 1.54) is 0 Å². The number of aromatic hydroxyl groups is 2. The molecule has 45 heavy (non-hydrogen) atoms. The number of carbonyl (C=O) groups is 2. The number of thioether (sulfide) groups is 1. The fraction of sp³-hybridized carbons (Fsp3) is 0.611. The van der Waals surface area contributed by atoms with Gasteiger partial charge in [-0.15, -0.1) is 11.8 Å². The van der Waals surface area contributed by atoms with Gasteiger partial charge in [0.25, 0.3) is 0 Å². The molecule has 0 spiro atoms. The van der Waals surface area contributed by atoms with Crippen molar-refractivity contribution < 1.29 is 39.5 Å². The molecule has 0 radical (unpaired) electrons. The number of aliphatic carboxylic acids is 2. The number of hydrogen-bond acceptors (Lipinski definition) is 7. The Morgan fingerprint density at radius 2 is 1.20 bits per heavy atom. The number of carboxylic acid groups (broad SMARTS) is 2. The molecule has 248 valence electrons. The quantitative estimate of drug-likeness (QED) is 0.196. The molecule has 2 aromatic carbocycles. The predicted molar refractivity (Wildman–Crippen MR) is 177 cm³/mol. The number of benzene rings is 2. The predicted octanol–water partition coefficient (Wildman–Crippen LogP) is 7.51. The Morgan fingerprint density at radius 1 is 0.756 bits per heavy atom. The van der Waals surface area contributed by atoms with Crippen LogP contribution < -0.4 is 9.47 Å². The Balaban J connectivity index is 1.53. The summed E-state index contributed by atoms with van der Waals surface area (Å²) in [6.07, 6.45) is 3.67. The van der Waals surface area contributed by atoms with Crippen molar-refractivity contribution >= 4 is 23.7 Å². The van der Waals surface area contributed by atoms with Crippen molar-refractivity contribution in [2.75, 3.05) is 0 Å². The summed E-state index contributed by atoms with van der Waals surface area (Å²) in [5, 5.41) is 40.9. The second-order valence-corrected chi connectivity index (χ2v) is 15.2. The summed E-state index contributed by atoms with van der Waals surface area (Å²) in [6.45, 7) is 17.1. The fourth-order valence-electron chi connectivity index (χ4n) is 7.21. The smallest absolute Gasteiger partial charge is 0.319 e. The van der Waals surface area contributed by atoms with Crippen LogP contribution in [0.25, 0.3) is 0 Å². The lowest BCUT2D eigenvalue weighted by atomic mass is 9.80. The summed E-state index contributed by atoms with van der Waals surface area (Å²) < 4.78 is 11.5. The molecule has 0 aromatic heterocycles. The Kier molecular flexibility index (Phi) is 10.3. The van der Waals surface area contributed by atoms with Crippen LogP contribution in [0.5, 0.6) is 23.0 Å². The number of rotatable bonds is 11. The second-order valence-electron chi connectivity index (χ2n) is 13.5. The topological polar surface area (TPSA) is 134 Å². The molecule has 2 heterocycles. The monoisotopic (exact) mass is 642 g/mol. The van der Waals surface area contributed by atoms with Gasteiger partial charge in [0.15, 0.2) is 0 Å². The fourth-order valence-corrected chi connectivity index (χ4v) is 8.58. The first-order valence-electron chi connectivity index (χ1n) is 16.1. The first-order valence-corrected chi connectivity index (χ1v) is 17.0. The van der Waals surface area contributed by atoms with Gasteiger partial charge in [0.2, 0.25) is 0 Å². The van der Waals surface area contributed by atoms with E-state index in [0.29, 0.717) is 37.9 Å². The maximum Gasteiger partial charge on any atom is 0.319 e. The Bertz CT molecular complexity index is 1480. The Morgan fingerprint density at radius 3 is 1.62 bits per heavy atom. The molecule has 4 rings (SSSR count). The highest BCUT2D eigenvalue weighted by Gasteiger charge is 2.43. The molecule has 0 bridgehead atoms. The first kappa shape index (κ1) is 34.8. The van der Waals surface area contributed by atoms with E-state index >= 15 is 0 Å². The van der Waals surface area contributed by atoms with Crippen LogP contribution in [0.15, 0.2) is 0 Å². The average molecular weight is 643 g/mol. The van der Waals surface area contributed by atoms with Crippen LogP contribution in [0.1, 0.15) is 97.4 Å². The minimum atomic E-state index is -1.28. The summed E-state index contributed by atoms with van der Waals surface area (Å²) in [5.74, 6) is 0.355. The number of hydrogen-bond donors (Lipinski definition) is 4. The maximum absolute atomic E-state index is 13.0. The maximum atomic E-state index is 13.0. The van der Waals surface area contributed by atoms with Gasteiger partial charge in [-0.1, -0.05) is 6.42 Å². The molecule has 9 heteroatoms. The Labute approximate surface area is 271 Å². The zero-order chi connectivity index (χ0) is 33.5. The highest BCUT2D eigenvalue weighted by Crippen LogP contribution is 2.47. The van der Waals surface area contributed by atoms with Crippen LogP contribution in [0, 0.1) is 53.4 Å². The molecule has 0 amide bonds. The highest BCUT2D eigenvalue weighted by atomic mass is 32.2. The van der Waals surface area contributed by atoms with E-state index in [0.717, 1.165) is 80.6 Å². The van der Waals surface area contributed by atoms with Crippen molar-refractivity contribution in [3.05, 3.63) is 44.5 Å². The van der Waals surface area contributed by atoms with Crippen molar-refractivity contribution in [3.8, 4) is 23.0 Å². The van der Waals surface area contributed by atoms with Gasteiger partial charge in [-0.25, -0.2) is 0 Å². The normalized spacial score (nSPS) is 22.8. The second kappa shape index (κ2) is 13.3. The molecular formula is C36H50O8S. The summed E-state index contributed by atoms with van der Waals surface area (Å²) >= 11 is 1.03. The van der Waals surface area contributed by atoms with Gasteiger partial charge in [-0.2, -0.15) is 0 Å². The summed E-state index contributed by atoms with van der Waals surface area (Å²) in [6, 6.07) is 0. The van der Waals surface area contributed by atoms with E-state index in [4.69, 9.17) is 9.47 Å². The lowest BCUT2D eigenvalue weighted by Gasteiger charge is -2.38. The zero-order valence-electron chi connectivity index (χ0n) is 28.2. The van der Waals surface area contributed by atoms with Crippen LogP contribution in [0.2, 0.25) is 0 Å². The minimum absolute atomic E-state index is 0.0165. The van der Waals surface area contributed by atoms with Crippen LogP contribution >= 0.6 is 11.8 Å². The van der Waals surface area contributed by atoms with E-state index in [9.17, 15) is 30.0 Å². The third-order valence-electron chi connectivity index (χ3n) is 10.8. The number of carboxylic acids is 2. The molecule has 4 N–H and O–H groups in total.